The van der Waals surface area contributed by atoms with E-state index in [0.29, 0.717) is 36.8 Å². The van der Waals surface area contributed by atoms with Crippen molar-refractivity contribution in [3.63, 3.8) is 0 Å². The monoisotopic (exact) mass is 497 g/mol. The molecule has 0 radical (unpaired) electrons. The minimum absolute atomic E-state index is 0.0545. The van der Waals surface area contributed by atoms with Crippen LogP contribution in [0, 0.1) is 0 Å². The molecule has 0 saturated heterocycles. The van der Waals surface area contributed by atoms with E-state index in [-0.39, 0.29) is 5.56 Å². The van der Waals surface area contributed by atoms with Crippen LogP contribution in [0.2, 0.25) is 5.02 Å². The van der Waals surface area contributed by atoms with E-state index < -0.39 is 0 Å². The predicted octanol–water partition coefficient (Wildman–Crippen LogP) is 5.18. The van der Waals surface area contributed by atoms with Gasteiger partial charge >= 0.3 is 0 Å². The average molecular weight is 499 g/mol. The molecule has 0 spiro atoms. The molecule has 0 atom stereocenters. The maximum absolute atomic E-state index is 13.2. The van der Waals surface area contributed by atoms with Gasteiger partial charge in [0.2, 0.25) is 0 Å². The molecule has 4 rings (SSSR count). The average Bonchev–Trinajstić information content (AvgIpc) is 2.77. The van der Waals surface area contributed by atoms with E-state index in [9.17, 15) is 4.79 Å². The van der Waals surface area contributed by atoms with Crippen LogP contribution in [-0.4, -0.2) is 16.2 Å². The van der Waals surface area contributed by atoms with Crippen molar-refractivity contribution in [1.82, 2.24) is 14.9 Å². The number of hydrogen-bond donors (Lipinski definition) is 1. The summed E-state index contributed by atoms with van der Waals surface area (Å²) in [5.41, 5.74) is 2.33. The van der Waals surface area contributed by atoms with Gasteiger partial charge in [0.25, 0.3) is 5.56 Å². The first-order valence-corrected chi connectivity index (χ1v) is 11.1. The van der Waals surface area contributed by atoms with Crippen molar-refractivity contribution in [3.05, 3.63) is 104 Å². The van der Waals surface area contributed by atoms with Gasteiger partial charge in [-0.15, -0.1) is 0 Å². The van der Waals surface area contributed by atoms with Gasteiger partial charge in [0.15, 0.2) is 0 Å². The van der Waals surface area contributed by atoms with Gasteiger partial charge in [-0.25, -0.2) is 4.98 Å². The molecule has 0 aliphatic rings. The van der Waals surface area contributed by atoms with E-state index in [1.165, 1.54) is 0 Å². The van der Waals surface area contributed by atoms with Gasteiger partial charge < -0.3 is 14.6 Å². The Bertz CT molecular complexity index is 1240. The van der Waals surface area contributed by atoms with E-state index >= 15 is 0 Å². The van der Waals surface area contributed by atoms with Crippen LogP contribution in [0.1, 0.15) is 11.3 Å². The van der Waals surface area contributed by atoms with Gasteiger partial charge in [-0.2, -0.15) is 0 Å². The van der Waals surface area contributed by atoms with E-state index in [4.69, 9.17) is 16.3 Å². The van der Waals surface area contributed by atoms with E-state index in [2.05, 4.69) is 26.2 Å². The Balaban J connectivity index is 1.55. The Kier molecular flexibility index (Phi) is 7.02. The summed E-state index contributed by atoms with van der Waals surface area (Å²) in [5.74, 6) is 0.775. The van der Waals surface area contributed by atoms with Crippen molar-refractivity contribution in [3.8, 4) is 5.75 Å². The van der Waals surface area contributed by atoms with Crippen LogP contribution in [0.5, 0.6) is 5.75 Å². The normalized spacial score (nSPS) is 11.0. The molecular formula is C24H21BrClN3O2. The molecular weight excluding hydrogens is 478 g/mol. The smallest absolute Gasteiger partial charge is 0.255 e. The number of halogens is 2. The zero-order chi connectivity index (χ0) is 21.6. The highest BCUT2D eigenvalue weighted by Gasteiger charge is 2.10. The molecule has 0 bridgehead atoms. The predicted molar refractivity (Wildman–Crippen MR) is 128 cm³/mol. The summed E-state index contributed by atoms with van der Waals surface area (Å²) in [5, 5.41) is 4.87. The largest absolute Gasteiger partial charge is 0.492 e. The van der Waals surface area contributed by atoms with Crippen LogP contribution < -0.4 is 15.6 Å². The number of ether oxygens (including phenoxy) is 1. The highest BCUT2D eigenvalue weighted by molar-refractivity contribution is 9.10. The van der Waals surface area contributed by atoms with E-state index in [1.54, 1.807) is 4.57 Å². The number of nitrogens with zero attached hydrogens (tertiary/aromatic N) is 2. The summed E-state index contributed by atoms with van der Waals surface area (Å²) in [6.07, 6.45) is 0. The molecule has 2 heterocycles. The molecule has 5 nitrogen and oxygen atoms in total. The zero-order valence-corrected chi connectivity index (χ0v) is 19.1. The van der Waals surface area contributed by atoms with Crippen LogP contribution in [0.15, 0.2) is 82.2 Å². The maximum atomic E-state index is 13.2. The summed E-state index contributed by atoms with van der Waals surface area (Å²) in [7, 11) is 0. The second-order valence-corrected chi connectivity index (χ2v) is 8.30. The molecule has 0 fully saturated rings. The third-order valence-electron chi connectivity index (χ3n) is 4.85. The number of para-hydroxylation sites is 1. The summed E-state index contributed by atoms with van der Waals surface area (Å²) in [6.45, 7) is 1.80. The SMILES string of the molecule is O=c1c(CNCc2cccc(Br)n2)cc2ccc(Cl)cc2n1CCOc1ccccc1. The molecule has 31 heavy (non-hydrogen) atoms. The van der Waals surface area contributed by atoms with Crippen molar-refractivity contribution < 1.29 is 4.74 Å². The third-order valence-corrected chi connectivity index (χ3v) is 5.53. The minimum Gasteiger partial charge on any atom is -0.492 e. The number of fused-ring (bicyclic) bond motifs is 1. The van der Waals surface area contributed by atoms with Crippen molar-refractivity contribution in [2.75, 3.05) is 6.61 Å². The van der Waals surface area contributed by atoms with Crippen LogP contribution in [0.25, 0.3) is 10.9 Å². The van der Waals surface area contributed by atoms with Gasteiger partial charge in [0, 0.05) is 23.7 Å². The molecule has 2 aromatic heterocycles. The lowest BCUT2D eigenvalue weighted by Crippen LogP contribution is -2.29. The zero-order valence-electron chi connectivity index (χ0n) is 16.7. The standard InChI is InChI=1S/C24H21BrClN3O2/c25-23-8-4-5-20(28-23)16-27-15-18-13-17-9-10-19(26)14-22(17)29(24(18)30)11-12-31-21-6-2-1-3-7-21/h1-10,13-14,27H,11-12,15-16H2. The molecule has 0 saturated carbocycles. The van der Waals surface area contributed by atoms with Crippen LogP contribution in [0.3, 0.4) is 0 Å². The molecule has 1 N–H and O–H groups in total. The summed E-state index contributed by atoms with van der Waals surface area (Å²) in [6, 6.07) is 22.8. The Morgan fingerprint density at radius 2 is 1.84 bits per heavy atom. The summed E-state index contributed by atoms with van der Waals surface area (Å²) < 4.78 is 8.33. The lowest BCUT2D eigenvalue weighted by Gasteiger charge is -2.14. The molecule has 158 valence electrons. The fourth-order valence-corrected chi connectivity index (χ4v) is 3.95. The Morgan fingerprint density at radius 3 is 2.65 bits per heavy atom. The molecule has 4 aromatic rings. The van der Waals surface area contributed by atoms with Gasteiger partial charge in [0.1, 0.15) is 17.0 Å². The van der Waals surface area contributed by atoms with Crippen LogP contribution in [0.4, 0.5) is 0 Å². The van der Waals surface area contributed by atoms with Gasteiger partial charge in [-0.05, 0) is 63.8 Å². The second-order valence-electron chi connectivity index (χ2n) is 7.05. The fraction of sp³-hybridized carbons (Fsp3) is 0.167. The van der Waals surface area contributed by atoms with Gasteiger partial charge in [-0.3, -0.25) is 4.79 Å². The van der Waals surface area contributed by atoms with E-state index in [0.717, 1.165) is 26.9 Å². The number of pyridine rings is 2. The molecule has 0 aliphatic heterocycles. The number of aromatic nitrogens is 2. The number of rotatable bonds is 8. The highest BCUT2D eigenvalue weighted by Crippen LogP contribution is 2.19. The number of hydrogen-bond acceptors (Lipinski definition) is 4. The minimum atomic E-state index is -0.0545. The Labute approximate surface area is 193 Å². The second kappa shape index (κ2) is 10.1. The summed E-state index contributed by atoms with van der Waals surface area (Å²) >= 11 is 9.59. The lowest BCUT2D eigenvalue weighted by atomic mass is 10.1. The lowest BCUT2D eigenvalue weighted by molar-refractivity contribution is 0.298. The number of benzene rings is 2. The maximum Gasteiger partial charge on any atom is 0.255 e. The quantitative estimate of drug-likeness (QED) is 0.340. The Hall–Kier alpha value is -2.67. The topological polar surface area (TPSA) is 56.2 Å². The first-order chi connectivity index (χ1) is 15.1. The molecule has 0 unspecified atom stereocenters. The third kappa shape index (κ3) is 5.53. The number of nitrogens with one attached hydrogen (secondary N) is 1. The van der Waals surface area contributed by atoms with Crippen LogP contribution in [-0.2, 0) is 19.6 Å². The molecule has 0 amide bonds. The fourth-order valence-electron chi connectivity index (χ4n) is 3.40. The van der Waals surface area contributed by atoms with Crippen molar-refractivity contribution >= 4 is 38.4 Å². The van der Waals surface area contributed by atoms with Crippen molar-refractivity contribution in [2.45, 2.75) is 19.6 Å². The highest BCUT2D eigenvalue weighted by atomic mass is 79.9. The van der Waals surface area contributed by atoms with Crippen molar-refractivity contribution in [2.24, 2.45) is 0 Å². The van der Waals surface area contributed by atoms with Crippen LogP contribution >= 0.6 is 27.5 Å². The van der Waals surface area contributed by atoms with Crippen molar-refractivity contribution in [1.29, 1.82) is 0 Å². The molecule has 0 aliphatic carbocycles. The van der Waals surface area contributed by atoms with Gasteiger partial charge in [-0.1, -0.05) is 41.9 Å². The molecule has 2 aromatic carbocycles. The molecule has 7 heteroatoms. The van der Waals surface area contributed by atoms with E-state index in [1.807, 2.05) is 72.8 Å². The Morgan fingerprint density at radius 1 is 1.00 bits per heavy atom. The van der Waals surface area contributed by atoms with Gasteiger partial charge in [0.05, 0.1) is 17.8 Å². The first-order valence-electron chi connectivity index (χ1n) is 9.92. The summed E-state index contributed by atoms with van der Waals surface area (Å²) in [4.78, 5) is 17.6. The first kappa shape index (κ1) is 21.6.